The van der Waals surface area contributed by atoms with E-state index in [0.717, 1.165) is 25.2 Å². The van der Waals surface area contributed by atoms with E-state index in [-0.39, 0.29) is 17.6 Å². The van der Waals surface area contributed by atoms with E-state index in [0.29, 0.717) is 6.42 Å². The maximum atomic E-state index is 14.1. The summed E-state index contributed by atoms with van der Waals surface area (Å²) in [6.45, 7) is 17.2. The van der Waals surface area contributed by atoms with Crippen LogP contribution >= 0.6 is 0 Å². The molecule has 36 heavy (non-hydrogen) atoms. The molecule has 0 aromatic carbocycles. The standard InChI is InChI=1S/C18H36O2.C4H6O2.C4H5O.C3H7.O.Ti/c1-17(2)15-13-11-9-7-5-3-4-6-8-10-12-14-16-18(19)20;1-3(2)4(5)6;1-4(2)3-5;1-3-2;;/h17H,3-16H2,1-2H3,(H,19,20);1H2,2H3,(H,5,6);1H2,2H3;3H,1-2H3;;/q;;;;;+2/p-2. The normalized spacial score (nSPS) is 12.0. The van der Waals surface area contributed by atoms with E-state index in [1.165, 1.54) is 85.5 Å². The van der Waals surface area contributed by atoms with Crippen molar-refractivity contribution in [3.8, 4) is 0 Å². The van der Waals surface area contributed by atoms with Crippen LogP contribution in [-0.2, 0) is 40.4 Å². The zero-order chi connectivity index (χ0) is 27.8. The molecule has 0 saturated heterocycles. The van der Waals surface area contributed by atoms with Crippen molar-refractivity contribution in [2.75, 3.05) is 0 Å². The molecule has 0 aliphatic rings. The Balaban J connectivity index is 4.44. The molecule has 0 saturated carbocycles. The molecular formula is C29H52O6Ti. The van der Waals surface area contributed by atoms with Crippen LogP contribution in [0.1, 0.15) is 131 Å². The van der Waals surface area contributed by atoms with Crippen molar-refractivity contribution in [1.29, 1.82) is 0 Å². The first kappa shape index (κ1) is 34.6. The molecule has 0 spiro atoms. The molecule has 0 aromatic rings. The van der Waals surface area contributed by atoms with Crippen LogP contribution in [0.5, 0.6) is 0 Å². The van der Waals surface area contributed by atoms with Crippen LogP contribution in [0, 0.1) is 5.92 Å². The van der Waals surface area contributed by atoms with Crippen LogP contribution < -0.4 is 0 Å². The molecule has 0 aliphatic heterocycles. The Labute approximate surface area is 221 Å². The van der Waals surface area contributed by atoms with Gasteiger partial charge in [0.25, 0.3) is 0 Å². The van der Waals surface area contributed by atoms with Gasteiger partial charge in [-0.15, -0.1) is 0 Å². The summed E-state index contributed by atoms with van der Waals surface area (Å²) in [6, 6.07) is 0. The Bertz CT molecular complexity index is 811. The Morgan fingerprint density at radius 1 is 0.667 bits per heavy atom. The van der Waals surface area contributed by atoms with Crippen LogP contribution in [0.2, 0.25) is 4.22 Å². The number of allylic oxidation sites excluding steroid dienone is 1. The van der Waals surface area contributed by atoms with Gasteiger partial charge in [-0.3, -0.25) is 0 Å². The molecule has 0 aliphatic carbocycles. The fourth-order valence-corrected chi connectivity index (χ4v) is 8.88. The van der Waals surface area contributed by atoms with Crippen LogP contribution in [0.25, 0.3) is 0 Å². The molecule has 0 N–H and O–H groups in total. The van der Waals surface area contributed by atoms with Gasteiger partial charge in [0, 0.05) is 0 Å². The van der Waals surface area contributed by atoms with E-state index in [9.17, 15) is 17.7 Å². The third-order valence-electron chi connectivity index (χ3n) is 6.65. The third-order valence-corrected chi connectivity index (χ3v) is 13.6. The monoisotopic (exact) mass is 544 g/mol. The first-order chi connectivity index (χ1) is 16.7. The summed E-state index contributed by atoms with van der Waals surface area (Å²) < 4.78 is 22.7. The van der Waals surface area contributed by atoms with Gasteiger partial charge >= 0.3 is 177 Å². The van der Waals surface area contributed by atoms with Gasteiger partial charge in [0.2, 0.25) is 0 Å². The summed E-state index contributed by atoms with van der Waals surface area (Å²) in [5.74, 6) is -0.982. The van der Waals surface area contributed by atoms with Gasteiger partial charge in [0.1, 0.15) is 0 Å². The van der Waals surface area contributed by atoms with E-state index >= 15 is 0 Å². The molecule has 0 amide bonds. The fourth-order valence-electron chi connectivity index (χ4n) is 4.11. The van der Waals surface area contributed by atoms with E-state index in [1.54, 1.807) is 0 Å². The summed E-state index contributed by atoms with van der Waals surface area (Å²) in [4.78, 5) is 37.8. The predicted molar refractivity (Wildman–Crippen MR) is 142 cm³/mol. The van der Waals surface area contributed by atoms with E-state index in [4.69, 9.17) is 6.64 Å². The first-order valence-electron chi connectivity index (χ1n) is 13.9. The molecule has 0 aromatic heterocycles. The molecule has 0 rings (SSSR count). The molecule has 6 nitrogen and oxygen atoms in total. The van der Waals surface area contributed by atoms with Gasteiger partial charge in [0.15, 0.2) is 0 Å². The summed E-state index contributed by atoms with van der Waals surface area (Å²) in [5.41, 5.74) is -0.113. The number of rotatable bonds is 21. The van der Waals surface area contributed by atoms with Crippen molar-refractivity contribution < 1.29 is 40.4 Å². The van der Waals surface area contributed by atoms with Gasteiger partial charge in [-0.05, 0) is 5.92 Å². The average Bonchev–Trinajstić information content (AvgIpc) is 2.78. The van der Waals surface area contributed by atoms with Crippen LogP contribution in [0.15, 0.2) is 24.3 Å². The summed E-state index contributed by atoms with van der Waals surface area (Å²) in [5, 5.41) is 0. The van der Waals surface area contributed by atoms with E-state index < -0.39 is 36.3 Å². The van der Waals surface area contributed by atoms with Crippen molar-refractivity contribution >= 4 is 16.0 Å². The molecule has 0 radical (unpaired) electrons. The Hall–Kier alpha value is -1.40. The maximum absolute atomic E-state index is 14.1. The van der Waals surface area contributed by atoms with Crippen LogP contribution in [0.3, 0.4) is 0 Å². The summed E-state index contributed by atoms with van der Waals surface area (Å²) >= 11 is -6.46. The average molecular weight is 545 g/mol. The van der Waals surface area contributed by atoms with Crippen molar-refractivity contribution in [2.24, 2.45) is 5.92 Å². The van der Waals surface area contributed by atoms with Crippen molar-refractivity contribution in [3.63, 3.8) is 0 Å². The Morgan fingerprint density at radius 2 is 1.08 bits per heavy atom. The van der Waals surface area contributed by atoms with Crippen molar-refractivity contribution in [1.82, 2.24) is 0 Å². The first-order valence-corrected chi connectivity index (χ1v) is 17.5. The van der Waals surface area contributed by atoms with Crippen molar-refractivity contribution in [3.05, 3.63) is 24.3 Å². The molecule has 208 valence electrons. The zero-order valence-electron chi connectivity index (χ0n) is 23.9. The van der Waals surface area contributed by atoms with E-state index in [2.05, 4.69) is 27.0 Å². The molecular weight excluding hydrogens is 492 g/mol. The number of hydrogen-bond donors (Lipinski definition) is 0. The van der Waals surface area contributed by atoms with Crippen LogP contribution in [-0.4, -0.2) is 16.0 Å². The van der Waals surface area contributed by atoms with Crippen molar-refractivity contribution in [2.45, 2.75) is 136 Å². The quantitative estimate of drug-likeness (QED) is 0.0817. The number of unbranched alkanes of at least 4 members (excludes halogenated alkanes) is 11. The second-order valence-corrected chi connectivity index (χ2v) is 17.6. The molecule has 0 atom stereocenters. The molecule has 0 unspecified atom stereocenters. The molecule has 0 heterocycles. The number of carbonyl (C=O) groups is 3. The van der Waals surface area contributed by atoms with Gasteiger partial charge in [-0.2, -0.15) is 0 Å². The topological polar surface area (TPSA) is 86.7 Å². The Morgan fingerprint density at radius 3 is 1.44 bits per heavy atom. The SMILES string of the molecule is C=C(C)C(=O)[O][Ti](=[O])([O]C(=O)CCCCCCCCCCCCCCC(C)C)([C](=O)C(=C)C)[CH](C)C. The minimum atomic E-state index is -6.46. The van der Waals surface area contributed by atoms with Gasteiger partial charge in [-0.25, -0.2) is 0 Å². The zero-order valence-corrected chi connectivity index (χ0v) is 25.5. The molecule has 0 fully saturated rings. The summed E-state index contributed by atoms with van der Waals surface area (Å²) in [7, 11) is 0. The number of carbonyl (C=O) groups excluding carboxylic acids is 3. The second-order valence-electron chi connectivity index (χ2n) is 11.1. The van der Waals surface area contributed by atoms with E-state index in [1.807, 2.05) is 0 Å². The van der Waals surface area contributed by atoms with Gasteiger partial charge in [0.05, 0.1) is 0 Å². The minimum absolute atomic E-state index is 0.0131. The predicted octanol–water partition coefficient (Wildman–Crippen LogP) is 8.56. The second kappa shape index (κ2) is 17.2. The Kier molecular flexibility index (Phi) is 16.5. The fraction of sp³-hybridized carbons (Fsp3) is 0.759. The molecule has 0 bridgehead atoms. The third kappa shape index (κ3) is 12.2. The molecule has 7 heteroatoms. The van der Waals surface area contributed by atoms with Gasteiger partial charge < -0.3 is 0 Å². The summed E-state index contributed by atoms with van der Waals surface area (Å²) in [6.07, 6.45) is 15.3. The van der Waals surface area contributed by atoms with Crippen LogP contribution in [0.4, 0.5) is 0 Å². The number of hydrogen-bond acceptors (Lipinski definition) is 6. The van der Waals surface area contributed by atoms with Gasteiger partial charge in [-0.1, -0.05) is 39.5 Å².